The second kappa shape index (κ2) is 23.5. The molecular formula is C53H55N4O14S5+. The molecule has 18 nitrogen and oxygen atoms in total. The highest BCUT2D eigenvalue weighted by molar-refractivity contribution is 8.03. The molecule has 5 aromatic carbocycles. The van der Waals surface area contributed by atoms with Gasteiger partial charge in [-0.3, -0.25) is 32.7 Å². The number of hydrogen-bond donors (Lipinski definition) is 4. The predicted molar refractivity (Wildman–Crippen MR) is 297 cm³/mol. The van der Waals surface area contributed by atoms with Gasteiger partial charge in [-0.05, 0) is 86.1 Å². The lowest BCUT2D eigenvalue weighted by atomic mass is 9.99. The normalized spacial score (nSPS) is 15.0. The molecule has 4 N–H and O–H groups in total. The first-order valence-electron chi connectivity index (χ1n) is 24.2. The zero-order valence-corrected chi connectivity index (χ0v) is 45.0. The summed E-state index contributed by atoms with van der Waals surface area (Å²) in [6.45, 7) is 0.896. The Morgan fingerprint density at radius 3 is 2.01 bits per heavy atom. The smallest absolute Gasteiger partial charge is 0.295 e. The van der Waals surface area contributed by atoms with Crippen LogP contribution in [0, 0.1) is 0 Å². The molecular weight excluding hydrogens is 1080 g/mol. The van der Waals surface area contributed by atoms with Gasteiger partial charge in [0, 0.05) is 99.0 Å². The van der Waals surface area contributed by atoms with Gasteiger partial charge < -0.3 is 9.47 Å². The molecule has 0 fully saturated rings. The van der Waals surface area contributed by atoms with E-state index in [0.29, 0.717) is 40.4 Å². The van der Waals surface area contributed by atoms with Crippen molar-refractivity contribution in [2.45, 2.75) is 50.0 Å². The van der Waals surface area contributed by atoms with E-state index in [-0.39, 0.29) is 61.0 Å². The van der Waals surface area contributed by atoms with Gasteiger partial charge in [0.15, 0.2) is 6.54 Å². The molecule has 0 spiro atoms. The number of thioether (sulfide) groups is 1. The molecule has 23 heteroatoms. The summed E-state index contributed by atoms with van der Waals surface area (Å²) < 4.78 is 139. The van der Waals surface area contributed by atoms with Crippen LogP contribution in [0.15, 0.2) is 143 Å². The zero-order valence-electron chi connectivity index (χ0n) is 40.9. The van der Waals surface area contributed by atoms with Crippen LogP contribution in [0.1, 0.15) is 44.1 Å². The monoisotopic (exact) mass is 1130 g/mol. The number of para-hydroxylation sites is 1. The Hall–Kier alpha value is -6.28. The first-order chi connectivity index (χ1) is 36.1. The van der Waals surface area contributed by atoms with Crippen molar-refractivity contribution in [3.05, 3.63) is 149 Å². The predicted octanol–water partition coefficient (Wildman–Crippen LogP) is 7.64. The molecule has 2 amide bonds. The van der Waals surface area contributed by atoms with Gasteiger partial charge in [-0.1, -0.05) is 67.1 Å². The van der Waals surface area contributed by atoms with E-state index < -0.39 is 57.7 Å². The third kappa shape index (κ3) is 13.6. The number of anilines is 2. The molecule has 1 aromatic heterocycles. The number of nitrogens with zero attached hydrogens (tertiary/aromatic N) is 4. The minimum atomic E-state index is -4.62. The van der Waals surface area contributed by atoms with E-state index in [1.807, 2.05) is 105 Å². The van der Waals surface area contributed by atoms with Crippen molar-refractivity contribution in [1.29, 1.82) is 0 Å². The fraction of sp³-hybridized carbons (Fsp3) is 0.264. The van der Waals surface area contributed by atoms with E-state index in [4.69, 9.17) is 0 Å². The Morgan fingerprint density at radius 2 is 1.30 bits per heavy atom. The number of benzene rings is 5. The topological polar surface area (TPSA) is 266 Å². The second-order valence-electron chi connectivity index (χ2n) is 18.1. The molecule has 6 aromatic rings. The molecule has 3 heterocycles. The molecule has 0 saturated carbocycles. The first-order valence-corrected chi connectivity index (χ1v) is 31.5. The van der Waals surface area contributed by atoms with Crippen molar-refractivity contribution in [2.75, 3.05) is 47.5 Å². The van der Waals surface area contributed by atoms with E-state index in [1.165, 1.54) is 34.9 Å². The number of aromatic nitrogens is 1. The van der Waals surface area contributed by atoms with Crippen LogP contribution in [0.2, 0.25) is 0 Å². The summed E-state index contributed by atoms with van der Waals surface area (Å²) in [5.41, 5.74) is 4.50. The van der Waals surface area contributed by atoms with Crippen LogP contribution in [0.4, 0.5) is 17.1 Å². The van der Waals surface area contributed by atoms with Crippen LogP contribution in [0.3, 0.4) is 0 Å². The molecule has 8 rings (SSSR count). The lowest BCUT2D eigenvalue weighted by Crippen LogP contribution is -2.30. The number of carbonyl (C=O) groups excluding carboxylic acids is 2. The van der Waals surface area contributed by atoms with Crippen LogP contribution in [0.25, 0.3) is 38.5 Å². The summed E-state index contributed by atoms with van der Waals surface area (Å²) >= 11 is 1.54. The van der Waals surface area contributed by atoms with Gasteiger partial charge in [-0.2, -0.15) is 38.2 Å². The van der Waals surface area contributed by atoms with E-state index in [9.17, 15) is 61.5 Å². The third-order valence-corrected chi connectivity index (χ3v) is 17.3. The Kier molecular flexibility index (Phi) is 17.3. The number of unbranched alkanes of at least 4 members (excludes halogenated alkanes) is 2. The summed E-state index contributed by atoms with van der Waals surface area (Å²) in [4.78, 5) is 27.9. The third-order valence-electron chi connectivity index (χ3n) is 12.9. The van der Waals surface area contributed by atoms with Gasteiger partial charge in [0.25, 0.3) is 52.3 Å². The summed E-state index contributed by atoms with van der Waals surface area (Å²) in [6.07, 6.45) is 16.0. The summed E-state index contributed by atoms with van der Waals surface area (Å²) in [6, 6.07) is 26.9. The molecule has 2 aliphatic heterocycles. The average molecular weight is 1130 g/mol. The molecule has 0 unspecified atom stereocenters. The molecule has 2 aliphatic rings. The van der Waals surface area contributed by atoms with E-state index >= 15 is 0 Å². The van der Waals surface area contributed by atoms with Crippen LogP contribution in [0.5, 0.6) is 0 Å². The van der Waals surface area contributed by atoms with Gasteiger partial charge in [-0.25, -0.2) is 0 Å². The molecule has 76 heavy (non-hydrogen) atoms. The lowest BCUT2D eigenvalue weighted by Gasteiger charge is -2.26. The number of imide groups is 1. The highest BCUT2D eigenvalue weighted by Crippen LogP contribution is 2.42. The Bertz CT molecular complexity index is 3910. The minimum absolute atomic E-state index is 0.0325. The maximum Gasteiger partial charge on any atom is 0.295 e. The molecule has 0 atom stereocenters. The van der Waals surface area contributed by atoms with Crippen LogP contribution >= 0.6 is 11.8 Å². The van der Waals surface area contributed by atoms with Crippen molar-refractivity contribution in [3.63, 3.8) is 0 Å². The van der Waals surface area contributed by atoms with Crippen molar-refractivity contribution >= 4 is 125 Å². The van der Waals surface area contributed by atoms with Gasteiger partial charge >= 0.3 is 0 Å². The first kappa shape index (κ1) is 55.9. The van der Waals surface area contributed by atoms with Crippen molar-refractivity contribution in [1.82, 2.24) is 9.47 Å². The van der Waals surface area contributed by atoms with Crippen molar-refractivity contribution < 1.29 is 66.0 Å². The quantitative estimate of drug-likeness (QED) is 0.0134. The van der Waals surface area contributed by atoms with E-state index in [1.54, 1.807) is 30.3 Å². The Balaban J connectivity index is 1.18. The maximum atomic E-state index is 12.4. The lowest BCUT2D eigenvalue weighted by molar-refractivity contribution is -0.435. The van der Waals surface area contributed by atoms with Gasteiger partial charge in [-0.15, -0.1) is 11.8 Å². The van der Waals surface area contributed by atoms with Gasteiger partial charge in [0.05, 0.1) is 28.2 Å². The van der Waals surface area contributed by atoms with Gasteiger partial charge in [0.1, 0.15) is 4.90 Å². The molecule has 400 valence electrons. The summed E-state index contributed by atoms with van der Waals surface area (Å²) in [5, 5.41) is 3.74. The summed E-state index contributed by atoms with van der Waals surface area (Å²) in [7, 11) is -17.4. The zero-order chi connectivity index (χ0) is 54.4. The number of allylic oxidation sites excluding steroid dienone is 5. The Labute approximate surface area is 445 Å². The standard InChI is InChI=1S/C53H54N4O14S5/c58-50-28-29-51(59)57(50)30-5-2-6-34-72-39(17-8-23-45-41-20-10-21-43-49(76(69,70)71)27-26-48(53(41)43)56(45)33-13-37-75(66,67)68)16-7-22-44-40-18-9-19-42-46(24-25-47(52(40)42)55(44)32-12-36-74(63,64)65)54(31-11-35-73(60,61)62)38-14-3-1-4-15-38/h1,3-4,7-10,14-29H,2,5-6,11-13,30-37H2,(H3-,60,61,62,63,64,65,66,67,68,69,70,71)/p+1. The SMILES string of the molecule is O=C1C=CC(=O)N1CCCCCSC(=C\C=C\C1=[N+](CCCS(=O)(=O)O)c2ccc(N(CCCS(=O)(=O)O)c3ccccc3)c3cccc1c23)/C=C/C=c1\c2cccc3c(S(=O)(=O)O)ccc(c32)n1CCCS(=O)(=O)O. The highest BCUT2D eigenvalue weighted by Gasteiger charge is 2.33. The molecule has 0 radical (unpaired) electrons. The van der Waals surface area contributed by atoms with Gasteiger partial charge in [0.2, 0.25) is 11.4 Å². The van der Waals surface area contributed by atoms with Crippen LogP contribution in [-0.4, -0.2) is 126 Å². The molecule has 0 aliphatic carbocycles. The highest BCUT2D eigenvalue weighted by atomic mass is 32.2. The maximum absolute atomic E-state index is 12.4. The number of carbonyl (C=O) groups is 2. The van der Waals surface area contributed by atoms with Crippen molar-refractivity contribution in [2.24, 2.45) is 0 Å². The molecule has 0 bridgehead atoms. The van der Waals surface area contributed by atoms with Crippen LogP contribution < -0.4 is 10.2 Å². The number of aryl methyl sites for hydroxylation is 1. The number of amides is 2. The second-order valence-corrected chi connectivity index (χ2v) is 25.4. The van der Waals surface area contributed by atoms with Crippen molar-refractivity contribution in [3.8, 4) is 0 Å². The average Bonchev–Trinajstić information content (AvgIpc) is 4.02. The van der Waals surface area contributed by atoms with E-state index in [0.717, 1.165) is 56.9 Å². The van der Waals surface area contributed by atoms with E-state index in [2.05, 4.69) is 0 Å². The Morgan fingerprint density at radius 1 is 0.632 bits per heavy atom. The summed E-state index contributed by atoms with van der Waals surface area (Å²) in [5.74, 6) is -1.47. The molecule has 0 saturated heterocycles. The fourth-order valence-corrected chi connectivity index (χ4v) is 12.8. The minimum Gasteiger partial charge on any atom is -0.341 e. The number of hydrogen-bond acceptors (Lipinski definition) is 12. The van der Waals surface area contributed by atoms with Crippen LogP contribution in [-0.2, 0) is 56.6 Å². The largest absolute Gasteiger partial charge is 0.341 e. The number of rotatable bonds is 26. The fourth-order valence-electron chi connectivity index (χ4n) is 9.68.